The topological polar surface area (TPSA) is 96.3 Å². The maximum atomic E-state index is 9.69. The second-order valence-corrected chi connectivity index (χ2v) is 8.45. The van der Waals surface area contributed by atoms with Gasteiger partial charge in [-0.3, -0.25) is 0 Å². The van der Waals surface area contributed by atoms with E-state index in [9.17, 15) is 5.11 Å². The molecule has 3 heterocycles. The highest BCUT2D eigenvalue weighted by Gasteiger charge is 2.22. The van der Waals surface area contributed by atoms with Gasteiger partial charge in [-0.15, -0.1) is 5.10 Å². The molecule has 0 atom stereocenters. The molecule has 8 nitrogen and oxygen atoms in total. The van der Waals surface area contributed by atoms with Gasteiger partial charge in [-0.2, -0.15) is 5.10 Å². The molecule has 1 aliphatic carbocycles. The molecule has 8 heteroatoms. The van der Waals surface area contributed by atoms with E-state index < -0.39 is 0 Å². The van der Waals surface area contributed by atoms with Crippen LogP contribution in [0.15, 0.2) is 42.7 Å². The Morgan fingerprint density at radius 2 is 1.87 bits per heavy atom. The standard InChI is InChI=1S/C23H28N6O2/c30-18-6-4-17(5-7-18)26-23-24-15-16-3-8-20(14-21(16)27-23)31-19-9-12-29(13-10-19)22-2-1-11-25-28-22/h1-3,8,11,14-15,17-19,30H,4-7,9-10,12-13H2,(H,24,26,27). The summed E-state index contributed by atoms with van der Waals surface area (Å²) in [5.41, 5.74) is 0.878. The zero-order valence-corrected chi connectivity index (χ0v) is 17.5. The average Bonchev–Trinajstić information content (AvgIpc) is 2.81. The monoisotopic (exact) mass is 420 g/mol. The van der Waals surface area contributed by atoms with E-state index >= 15 is 0 Å². The summed E-state index contributed by atoms with van der Waals surface area (Å²) < 4.78 is 6.28. The summed E-state index contributed by atoms with van der Waals surface area (Å²) in [6, 6.07) is 10.2. The molecule has 2 N–H and O–H groups in total. The number of fused-ring (bicyclic) bond motifs is 1. The van der Waals surface area contributed by atoms with Crippen molar-refractivity contribution >= 4 is 22.7 Å². The first kappa shape index (κ1) is 19.9. The molecule has 31 heavy (non-hydrogen) atoms. The van der Waals surface area contributed by atoms with E-state index in [1.807, 2.05) is 36.5 Å². The Bertz CT molecular complexity index is 1000. The van der Waals surface area contributed by atoms with Crippen LogP contribution in [0.3, 0.4) is 0 Å². The number of benzene rings is 1. The number of anilines is 2. The molecule has 0 amide bonds. The summed E-state index contributed by atoms with van der Waals surface area (Å²) in [7, 11) is 0. The second kappa shape index (κ2) is 9.01. The highest BCUT2D eigenvalue weighted by Crippen LogP contribution is 2.26. The molecule has 2 aliphatic rings. The fraction of sp³-hybridized carbons (Fsp3) is 0.478. The summed E-state index contributed by atoms with van der Waals surface area (Å²) in [5.74, 6) is 2.41. The van der Waals surface area contributed by atoms with E-state index in [2.05, 4.69) is 25.4 Å². The molecular formula is C23H28N6O2. The highest BCUT2D eigenvalue weighted by molar-refractivity contribution is 5.80. The van der Waals surface area contributed by atoms with Crippen molar-refractivity contribution in [3.63, 3.8) is 0 Å². The quantitative estimate of drug-likeness (QED) is 0.650. The Morgan fingerprint density at radius 1 is 1.03 bits per heavy atom. The molecule has 0 radical (unpaired) electrons. The first-order chi connectivity index (χ1) is 15.2. The van der Waals surface area contributed by atoms with E-state index in [0.717, 1.165) is 74.1 Å². The molecule has 1 saturated heterocycles. The molecule has 162 valence electrons. The van der Waals surface area contributed by atoms with Crippen LogP contribution < -0.4 is 15.0 Å². The smallest absolute Gasteiger partial charge is 0.223 e. The van der Waals surface area contributed by atoms with Crippen molar-refractivity contribution in [1.82, 2.24) is 20.2 Å². The van der Waals surface area contributed by atoms with Crippen molar-refractivity contribution in [2.24, 2.45) is 0 Å². The van der Waals surface area contributed by atoms with Crippen LogP contribution >= 0.6 is 0 Å². The SMILES string of the molecule is OC1CCC(Nc2ncc3ccc(OC4CCN(c5cccnn5)CC4)cc3n2)CC1. The van der Waals surface area contributed by atoms with E-state index in [4.69, 9.17) is 9.72 Å². The molecule has 0 spiro atoms. The van der Waals surface area contributed by atoms with Gasteiger partial charge in [-0.05, 0) is 49.9 Å². The Kier molecular flexibility index (Phi) is 5.80. The van der Waals surface area contributed by atoms with Gasteiger partial charge in [0, 0.05) is 55.8 Å². The van der Waals surface area contributed by atoms with Crippen molar-refractivity contribution < 1.29 is 9.84 Å². The normalized spacial score (nSPS) is 22.4. The lowest BCUT2D eigenvalue weighted by Crippen LogP contribution is -2.38. The number of rotatable bonds is 5. The van der Waals surface area contributed by atoms with Gasteiger partial charge < -0.3 is 20.1 Å². The number of hydrogen-bond acceptors (Lipinski definition) is 8. The largest absolute Gasteiger partial charge is 0.490 e. The van der Waals surface area contributed by atoms with Crippen LogP contribution in [-0.2, 0) is 0 Å². The molecule has 1 saturated carbocycles. The summed E-state index contributed by atoms with van der Waals surface area (Å²) in [6.07, 6.45) is 9.00. The molecule has 5 rings (SSSR count). The third-order valence-corrected chi connectivity index (χ3v) is 6.21. The fourth-order valence-corrected chi connectivity index (χ4v) is 4.41. The van der Waals surface area contributed by atoms with E-state index in [1.54, 1.807) is 6.20 Å². The Labute approximate surface area is 181 Å². The van der Waals surface area contributed by atoms with Gasteiger partial charge in [0.1, 0.15) is 11.9 Å². The van der Waals surface area contributed by atoms with Crippen LogP contribution in [0.4, 0.5) is 11.8 Å². The summed E-state index contributed by atoms with van der Waals surface area (Å²) in [6.45, 7) is 1.81. The van der Waals surface area contributed by atoms with Crippen LogP contribution in [0.5, 0.6) is 5.75 Å². The van der Waals surface area contributed by atoms with Gasteiger partial charge in [-0.25, -0.2) is 9.97 Å². The number of ether oxygens (including phenoxy) is 1. The summed E-state index contributed by atoms with van der Waals surface area (Å²) in [5, 5.41) is 22.3. The van der Waals surface area contributed by atoms with Crippen LogP contribution in [0.25, 0.3) is 10.9 Å². The maximum absolute atomic E-state index is 9.69. The van der Waals surface area contributed by atoms with E-state index in [1.165, 1.54) is 0 Å². The summed E-state index contributed by atoms with van der Waals surface area (Å²) in [4.78, 5) is 11.4. The predicted octanol–water partition coefficient (Wildman–Crippen LogP) is 3.18. The Balaban J connectivity index is 1.21. The first-order valence-corrected chi connectivity index (χ1v) is 11.1. The van der Waals surface area contributed by atoms with Gasteiger partial charge in [0.25, 0.3) is 0 Å². The number of aliphatic hydroxyl groups excluding tert-OH is 1. The minimum absolute atomic E-state index is 0.164. The third kappa shape index (κ3) is 4.85. The molecule has 2 aromatic heterocycles. The maximum Gasteiger partial charge on any atom is 0.223 e. The van der Waals surface area contributed by atoms with Crippen molar-refractivity contribution in [3.8, 4) is 5.75 Å². The van der Waals surface area contributed by atoms with E-state index in [0.29, 0.717) is 12.0 Å². The highest BCUT2D eigenvalue weighted by atomic mass is 16.5. The number of hydrogen-bond donors (Lipinski definition) is 2. The minimum Gasteiger partial charge on any atom is -0.490 e. The molecule has 1 aromatic carbocycles. The number of nitrogens with one attached hydrogen (secondary N) is 1. The van der Waals surface area contributed by atoms with E-state index in [-0.39, 0.29) is 12.2 Å². The molecule has 3 aromatic rings. The Morgan fingerprint density at radius 3 is 2.65 bits per heavy atom. The van der Waals surface area contributed by atoms with Gasteiger partial charge in [0.05, 0.1) is 11.6 Å². The lowest BCUT2D eigenvalue weighted by atomic mass is 9.93. The predicted molar refractivity (Wildman–Crippen MR) is 119 cm³/mol. The van der Waals surface area contributed by atoms with Crippen molar-refractivity contribution in [3.05, 3.63) is 42.7 Å². The van der Waals surface area contributed by atoms with Crippen molar-refractivity contribution in [2.45, 2.75) is 56.8 Å². The molecule has 1 aliphatic heterocycles. The van der Waals surface area contributed by atoms with Gasteiger partial charge in [-0.1, -0.05) is 0 Å². The molecular weight excluding hydrogens is 392 g/mol. The number of nitrogens with zero attached hydrogens (tertiary/aromatic N) is 5. The zero-order valence-electron chi connectivity index (χ0n) is 17.5. The van der Waals surface area contributed by atoms with Crippen molar-refractivity contribution in [2.75, 3.05) is 23.3 Å². The first-order valence-electron chi connectivity index (χ1n) is 11.1. The summed E-state index contributed by atoms with van der Waals surface area (Å²) >= 11 is 0. The van der Waals surface area contributed by atoms with Crippen LogP contribution in [0.2, 0.25) is 0 Å². The van der Waals surface area contributed by atoms with Gasteiger partial charge >= 0.3 is 0 Å². The lowest BCUT2D eigenvalue weighted by Gasteiger charge is -2.32. The van der Waals surface area contributed by atoms with Gasteiger partial charge in [0.2, 0.25) is 5.95 Å². The van der Waals surface area contributed by atoms with Crippen LogP contribution in [0, 0.1) is 0 Å². The second-order valence-electron chi connectivity index (χ2n) is 8.45. The number of aromatic nitrogens is 4. The van der Waals surface area contributed by atoms with Crippen LogP contribution in [0.1, 0.15) is 38.5 Å². The average molecular weight is 421 g/mol. The molecule has 0 bridgehead atoms. The zero-order chi connectivity index (χ0) is 21.0. The lowest BCUT2D eigenvalue weighted by molar-refractivity contribution is 0.126. The number of aliphatic hydroxyl groups is 1. The minimum atomic E-state index is -0.164. The molecule has 2 fully saturated rings. The number of piperidine rings is 1. The Hall–Kier alpha value is -3.00. The fourth-order valence-electron chi connectivity index (χ4n) is 4.41. The van der Waals surface area contributed by atoms with Crippen molar-refractivity contribution in [1.29, 1.82) is 0 Å². The van der Waals surface area contributed by atoms with Crippen LogP contribution in [-0.4, -0.2) is 56.6 Å². The third-order valence-electron chi connectivity index (χ3n) is 6.21. The molecule has 0 unspecified atom stereocenters. The van der Waals surface area contributed by atoms with Gasteiger partial charge in [0.15, 0.2) is 5.82 Å².